The van der Waals surface area contributed by atoms with Gasteiger partial charge < -0.3 is 64.5 Å². The number of hydrogen-bond donors (Lipinski definition) is 8. The van der Waals surface area contributed by atoms with E-state index < -0.39 is 73.8 Å². The van der Waals surface area contributed by atoms with Crippen molar-refractivity contribution in [2.75, 3.05) is 19.8 Å². The van der Waals surface area contributed by atoms with Gasteiger partial charge in [0.05, 0.1) is 19.8 Å². The minimum absolute atomic E-state index is 0.317. The molecule has 0 aromatic carbocycles. The quantitative estimate of drug-likeness (QED) is 0.216. The third-order valence-electron chi connectivity index (χ3n) is 4.94. The first kappa shape index (κ1) is 22.2. The minimum Gasteiger partial charge on any atom is -0.388 e. The zero-order valence-corrected chi connectivity index (χ0v) is 14.7. The predicted octanol–water partition coefficient (Wildman–Crippen LogP) is -5.66. The summed E-state index contributed by atoms with van der Waals surface area (Å²) in [5, 5.41) is 78.4. The molecule has 3 rings (SSSR count). The molecular weight excluding hydrogens is 388 g/mol. The second-order valence-corrected chi connectivity index (χ2v) is 6.99. The van der Waals surface area contributed by atoms with Gasteiger partial charge in [0.1, 0.15) is 54.9 Å². The summed E-state index contributed by atoms with van der Waals surface area (Å²) in [5.41, 5.74) is 0. The highest BCUT2D eigenvalue weighted by Gasteiger charge is 2.48. The summed E-state index contributed by atoms with van der Waals surface area (Å²) in [7, 11) is 0. The molecule has 8 N–H and O–H groups in total. The number of hydrogen-bond acceptors (Lipinski definition) is 13. The monoisotopic (exact) mass is 414 g/mol. The summed E-state index contributed by atoms with van der Waals surface area (Å²) >= 11 is 0. The van der Waals surface area contributed by atoms with Gasteiger partial charge in [-0.25, -0.2) is 0 Å². The number of rotatable bonds is 4. The lowest BCUT2D eigenvalue weighted by Gasteiger charge is -2.44. The van der Waals surface area contributed by atoms with Gasteiger partial charge in [-0.05, 0) is 0 Å². The van der Waals surface area contributed by atoms with Crippen LogP contribution in [0.25, 0.3) is 0 Å². The van der Waals surface area contributed by atoms with Crippen LogP contribution in [0, 0.1) is 0 Å². The number of ether oxygens (including phenoxy) is 5. The molecule has 1 unspecified atom stereocenters. The lowest BCUT2D eigenvalue weighted by Crippen LogP contribution is -2.62. The van der Waals surface area contributed by atoms with E-state index in [1.165, 1.54) is 0 Å². The Kier molecular flexibility index (Phi) is 7.20. The molecule has 0 aliphatic carbocycles. The molecule has 0 aromatic heterocycles. The van der Waals surface area contributed by atoms with Gasteiger partial charge in [-0.3, -0.25) is 0 Å². The normalized spacial score (nSPS) is 53.1. The van der Waals surface area contributed by atoms with Crippen LogP contribution in [-0.2, 0) is 23.7 Å². The van der Waals surface area contributed by atoms with Crippen molar-refractivity contribution in [1.29, 1.82) is 0 Å². The Morgan fingerprint density at radius 2 is 1.04 bits per heavy atom. The molecule has 0 saturated carbocycles. The van der Waals surface area contributed by atoms with Crippen molar-refractivity contribution < 1.29 is 64.5 Å². The molecule has 28 heavy (non-hydrogen) atoms. The molecule has 3 fully saturated rings. The standard InChI is InChI=1S/C15H26O13/c16-4-1-25-14(9(20)7(4)18)27-6-3-24-13(23)11(22)12(6)28-15-10(21)8(19)5(17)2-26-15/h4-23H,1-3H2/t4-,5-,6-,7+,8+,9-,10-,11-,12+,13?,14+,15+/m1/s1. The summed E-state index contributed by atoms with van der Waals surface area (Å²) in [6.07, 6.45) is -17.7. The maximum absolute atomic E-state index is 10.2. The minimum atomic E-state index is -1.66. The first-order chi connectivity index (χ1) is 13.2. The maximum Gasteiger partial charge on any atom is 0.186 e. The van der Waals surface area contributed by atoms with Crippen molar-refractivity contribution in [3.63, 3.8) is 0 Å². The summed E-state index contributed by atoms with van der Waals surface area (Å²) < 4.78 is 26.2. The molecule has 0 radical (unpaired) electrons. The largest absolute Gasteiger partial charge is 0.388 e. The fraction of sp³-hybridized carbons (Fsp3) is 1.00. The number of aliphatic hydroxyl groups excluding tert-OH is 8. The average molecular weight is 414 g/mol. The van der Waals surface area contributed by atoms with Gasteiger partial charge in [0, 0.05) is 0 Å². The van der Waals surface area contributed by atoms with Gasteiger partial charge in [0.25, 0.3) is 0 Å². The Labute approximate surface area is 159 Å². The van der Waals surface area contributed by atoms with Gasteiger partial charge in [-0.2, -0.15) is 0 Å². The topological polar surface area (TPSA) is 208 Å². The van der Waals surface area contributed by atoms with Crippen molar-refractivity contribution in [3.8, 4) is 0 Å². The van der Waals surface area contributed by atoms with Crippen LogP contribution in [0.5, 0.6) is 0 Å². The second kappa shape index (κ2) is 9.09. The summed E-state index contributed by atoms with van der Waals surface area (Å²) in [4.78, 5) is 0. The lowest BCUT2D eigenvalue weighted by atomic mass is 10.0. The van der Waals surface area contributed by atoms with Crippen LogP contribution >= 0.6 is 0 Å². The first-order valence-electron chi connectivity index (χ1n) is 8.81. The highest BCUT2D eigenvalue weighted by Crippen LogP contribution is 2.28. The molecule has 3 aliphatic heterocycles. The summed E-state index contributed by atoms with van der Waals surface area (Å²) in [6, 6.07) is 0. The molecule has 0 aromatic rings. The molecule has 0 spiro atoms. The van der Waals surface area contributed by atoms with Crippen molar-refractivity contribution in [1.82, 2.24) is 0 Å². The second-order valence-electron chi connectivity index (χ2n) is 6.99. The Balaban J connectivity index is 1.69. The van der Waals surface area contributed by atoms with Gasteiger partial charge in [-0.1, -0.05) is 0 Å². The fourth-order valence-corrected chi connectivity index (χ4v) is 3.18. The van der Waals surface area contributed by atoms with E-state index in [2.05, 4.69) is 0 Å². The van der Waals surface area contributed by atoms with Crippen molar-refractivity contribution in [2.24, 2.45) is 0 Å². The van der Waals surface area contributed by atoms with E-state index in [1.54, 1.807) is 0 Å². The van der Waals surface area contributed by atoms with E-state index in [0.717, 1.165) is 0 Å². The molecular formula is C15H26O13. The van der Waals surface area contributed by atoms with Crippen molar-refractivity contribution in [2.45, 2.75) is 73.8 Å². The molecule has 3 saturated heterocycles. The maximum atomic E-state index is 10.2. The average Bonchev–Trinajstić information content (AvgIpc) is 2.67. The van der Waals surface area contributed by atoms with Crippen molar-refractivity contribution >= 4 is 0 Å². The van der Waals surface area contributed by atoms with E-state index in [4.69, 9.17) is 23.7 Å². The fourth-order valence-electron chi connectivity index (χ4n) is 3.18. The van der Waals surface area contributed by atoms with Crippen LogP contribution in [0.15, 0.2) is 0 Å². The van der Waals surface area contributed by atoms with E-state index in [0.29, 0.717) is 0 Å². The Morgan fingerprint density at radius 1 is 0.536 bits per heavy atom. The molecule has 13 nitrogen and oxygen atoms in total. The molecule has 0 bridgehead atoms. The lowest BCUT2D eigenvalue weighted by molar-refractivity contribution is -0.356. The molecule has 164 valence electrons. The van der Waals surface area contributed by atoms with Crippen LogP contribution in [-0.4, -0.2) is 134 Å². The van der Waals surface area contributed by atoms with Gasteiger partial charge in [-0.15, -0.1) is 0 Å². The first-order valence-corrected chi connectivity index (χ1v) is 8.81. The van der Waals surface area contributed by atoms with E-state index in [-0.39, 0.29) is 19.8 Å². The molecule has 13 heteroatoms. The van der Waals surface area contributed by atoms with Crippen LogP contribution in [0.3, 0.4) is 0 Å². The van der Waals surface area contributed by atoms with Crippen LogP contribution in [0.2, 0.25) is 0 Å². The van der Waals surface area contributed by atoms with E-state index >= 15 is 0 Å². The highest BCUT2D eigenvalue weighted by atomic mass is 16.7. The Hall–Kier alpha value is -0.520. The third-order valence-corrected chi connectivity index (χ3v) is 4.94. The summed E-state index contributed by atoms with van der Waals surface area (Å²) in [6.45, 7) is -0.978. The van der Waals surface area contributed by atoms with E-state index in [1.807, 2.05) is 0 Å². The van der Waals surface area contributed by atoms with Crippen LogP contribution in [0.1, 0.15) is 0 Å². The highest BCUT2D eigenvalue weighted by molar-refractivity contribution is 4.90. The Bertz CT molecular complexity index is 508. The van der Waals surface area contributed by atoms with Crippen molar-refractivity contribution in [3.05, 3.63) is 0 Å². The smallest absolute Gasteiger partial charge is 0.186 e. The van der Waals surface area contributed by atoms with Crippen LogP contribution in [0.4, 0.5) is 0 Å². The van der Waals surface area contributed by atoms with Crippen LogP contribution < -0.4 is 0 Å². The van der Waals surface area contributed by atoms with Gasteiger partial charge in [0.15, 0.2) is 18.9 Å². The zero-order valence-electron chi connectivity index (χ0n) is 14.7. The molecule has 3 aliphatic rings. The SMILES string of the molecule is OC1OC[C@@H](O[C@@H]2OC[C@@H](O)[C@H](O)[C@H]2O)[C@H](O[C@@H]2OC[C@@H](O)[C@H](O)[C@H]2O)[C@H]1O. The summed E-state index contributed by atoms with van der Waals surface area (Å²) in [5.74, 6) is 0. The molecule has 0 amide bonds. The Morgan fingerprint density at radius 3 is 1.57 bits per heavy atom. The van der Waals surface area contributed by atoms with Gasteiger partial charge >= 0.3 is 0 Å². The molecule has 3 heterocycles. The molecule has 12 atom stereocenters. The third kappa shape index (κ3) is 4.46. The number of aliphatic hydroxyl groups is 8. The predicted molar refractivity (Wildman–Crippen MR) is 83.2 cm³/mol. The zero-order chi connectivity index (χ0) is 20.6. The van der Waals surface area contributed by atoms with Gasteiger partial charge in [0.2, 0.25) is 0 Å². The van der Waals surface area contributed by atoms with E-state index in [9.17, 15) is 40.9 Å².